The van der Waals surface area contributed by atoms with Gasteiger partial charge in [-0.1, -0.05) is 29.8 Å². The van der Waals surface area contributed by atoms with E-state index in [1.165, 1.54) is 7.11 Å². The van der Waals surface area contributed by atoms with Gasteiger partial charge in [-0.25, -0.2) is 0 Å². The van der Waals surface area contributed by atoms with E-state index in [2.05, 4.69) is 0 Å². The number of methoxy groups -OCH3 is 1. The summed E-state index contributed by atoms with van der Waals surface area (Å²) in [4.78, 5) is 38.3. The Hall–Kier alpha value is -2.86. The van der Waals surface area contributed by atoms with Crippen LogP contribution < -0.4 is 4.74 Å². The van der Waals surface area contributed by atoms with Crippen molar-refractivity contribution in [2.45, 2.75) is 13.0 Å². The Morgan fingerprint density at radius 3 is 2.54 bits per heavy atom. The van der Waals surface area contributed by atoms with Crippen LogP contribution in [0.5, 0.6) is 5.75 Å². The predicted octanol–water partition coefficient (Wildman–Crippen LogP) is 3.12. The molecule has 1 aliphatic rings. The first-order valence-corrected chi connectivity index (χ1v) is 9.21. The monoisotopic (exact) mass is 401 g/mol. The first-order valence-electron chi connectivity index (χ1n) is 8.83. The molecule has 0 radical (unpaired) electrons. The van der Waals surface area contributed by atoms with Gasteiger partial charge in [0, 0.05) is 30.1 Å². The molecule has 7 heteroatoms. The van der Waals surface area contributed by atoms with Crippen molar-refractivity contribution >= 4 is 29.3 Å². The number of esters is 1. The van der Waals surface area contributed by atoms with Crippen molar-refractivity contribution in [3.63, 3.8) is 0 Å². The van der Waals surface area contributed by atoms with Gasteiger partial charge in [0.05, 0.1) is 13.0 Å². The lowest BCUT2D eigenvalue weighted by Crippen LogP contribution is -2.27. The highest BCUT2D eigenvalue weighted by Gasteiger charge is 2.35. The van der Waals surface area contributed by atoms with Crippen LogP contribution in [0.25, 0.3) is 0 Å². The van der Waals surface area contributed by atoms with Crippen molar-refractivity contribution in [3.8, 4) is 5.75 Å². The third-order valence-electron chi connectivity index (χ3n) is 4.62. The molecular weight excluding hydrogens is 382 g/mol. The van der Waals surface area contributed by atoms with E-state index in [0.29, 0.717) is 22.9 Å². The zero-order valence-corrected chi connectivity index (χ0v) is 16.1. The minimum absolute atomic E-state index is 0.0695. The van der Waals surface area contributed by atoms with Crippen LogP contribution in [0.2, 0.25) is 5.02 Å². The van der Waals surface area contributed by atoms with E-state index in [1.807, 2.05) is 18.2 Å². The lowest BCUT2D eigenvalue weighted by Gasteiger charge is -2.17. The van der Waals surface area contributed by atoms with Gasteiger partial charge in [-0.15, -0.1) is 0 Å². The minimum Gasteiger partial charge on any atom is -0.497 e. The number of ketones is 1. The SMILES string of the molecule is COc1ccc(C(=O)COC(=O)[C@H]2CC(=O)N(Cc3ccccc3Cl)C2)cc1. The van der Waals surface area contributed by atoms with Gasteiger partial charge in [0.15, 0.2) is 12.4 Å². The van der Waals surface area contributed by atoms with Crippen LogP contribution in [0, 0.1) is 5.92 Å². The van der Waals surface area contributed by atoms with Gasteiger partial charge in [0.2, 0.25) is 5.91 Å². The number of carbonyl (C=O) groups is 3. The molecule has 28 heavy (non-hydrogen) atoms. The molecule has 0 spiro atoms. The molecular formula is C21H20ClNO5. The molecule has 1 fully saturated rings. The summed E-state index contributed by atoms with van der Waals surface area (Å²) in [5.74, 6) is -0.941. The van der Waals surface area contributed by atoms with Gasteiger partial charge in [-0.05, 0) is 35.9 Å². The standard InChI is InChI=1S/C21H20ClNO5/c1-27-17-8-6-14(7-9-17)19(24)13-28-21(26)16-10-20(25)23(12-16)11-15-4-2-3-5-18(15)22/h2-9,16H,10-13H2,1H3/t16-/m0/s1. The van der Waals surface area contributed by atoms with Crippen molar-refractivity contribution < 1.29 is 23.9 Å². The molecule has 1 heterocycles. The number of rotatable bonds is 7. The van der Waals surface area contributed by atoms with Crippen molar-refractivity contribution in [1.82, 2.24) is 4.90 Å². The molecule has 146 valence electrons. The topological polar surface area (TPSA) is 72.9 Å². The van der Waals surface area contributed by atoms with Gasteiger partial charge < -0.3 is 14.4 Å². The van der Waals surface area contributed by atoms with E-state index in [0.717, 1.165) is 5.56 Å². The highest BCUT2D eigenvalue weighted by atomic mass is 35.5. The molecule has 2 aromatic rings. The predicted molar refractivity (Wildman–Crippen MR) is 103 cm³/mol. The Morgan fingerprint density at radius 1 is 1.14 bits per heavy atom. The number of benzene rings is 2. The molecule has 0 aliphatic carbocycles. The lowest BCUT2D eigenvalue weighted by atomic mass is 10.1. The Kier molecular flexibility index (Phi) is 6.31. The van der Waals surface area contributed by atoms with Crippen LogP contribution >= 0.6 is 11.6 Å². The van der Waals surface area contributed by atoms with E-state index in [4.69, 9.17) is 21.1 Å². The smallest absolute Gasteiger partial charge is 0.311 e. The summed E-state index contributed by atoms with van der Waals surface area (Å²) < 4.78 is 10.2. The number of hydrogen-bond donors (Lipinski definition) is 0. The fourth-order valence-corrected chi connectivity index (χ4v) is 3.23. The fraction of sp³-hybridized carbons (Fsp3) is 0.286. The molecule has 1 amide bonds. The number of likely N-dealkylation sites (tertiary alicyclic amines) is 1. The van der Waals surface area contributed by atoms with Crippen LogP contribution in [-0.4, -0.2) is 42.8 Å². The average Bonchev–Trinajstić information content (AvgIpc) is 3.08. The summed E-state index contributed by atoms with van der Waals surface area (Å²) in [5.41, 5.74) is 1.25. The highest BCUT2D eigenvalue weighted by molar-refractivity contribution is 6.31. The van der Waals surface area contributed by atoms with Crippen LogP contribution in [0.4, 0.5) is 0 Å². The molecule has 0 saturated carbocycles. The maximum atomic E-state index is 12.3. The zero-order valence-electron chi connectivity index (χ0n) is 15.4. The van der Waals surface area contributed by atoms with Gasteiger partial charge >= 0.3 is 5.97 Å². The Balaban J connectivity index is 1.52. The van der Waals surface area contributed by atoms with Crippen LogP contribution in [-0.2, 0) is 20.9 Å². The number of nitrogens with zero attached hydrogens (tertiary/aromatic N) is 1. The van der Waals surface area contributed by atoms with E-state index in [1.54, 1.807) is 35.2 Å². The maximum absolute atomic E-state index is 12.3. The molecule has 1 saturated heterocycles. The Labute approximate surface area is 168 Å². The summed E-state index contributed by atoms with van der Waals surface area (Å²) >= 11 is 6.14. The summed E-state index contributed by atoms with van der Waals surface area (Å²) in [6, 6.07) is 13.8. The number of carbonyl (C=O) groups excluding carboxylic acids is 3. The first-order chi connectivity index (χ1) is 13.5. The molecule has 0 aromatic heterocycles. The number of ether oxygens (including phenoxy) is 2. The molecule has 2 aromatic carbocycles. The third-order valence-corrected chi connectivity index (χ3v) is 4.99. The molecule has 1 atom stereocenters. The van der Waals surface area contributed by atoms with Crippen LogP contribution in [0.1, 0.15) is 22.3 Å². The quantitative estimate of drug-likeness (QED) is 0.526. The van der Waals surface area contributed by atoms with E-state index >= 15 is 0 Å². The number of hydrogen-bond acceptors (Lipinski definition) is 5. The Bertz CT molecular complexity index is 881. The zero-order chi connectivity index (χ0) is 20.1. The normalized spacial score (nSPS) is 16.1. The highest BCUT2D eigenvalue weighted by Crippen LogP contribution is 2.24. The van der Waals surface area contributed by atoms with Gasteiger partial charge in [-0.3, -0.25) is 14.4 Å². The number of Topliss-reactive ketones (excluding diaryl/α,β-unsaturated/α-hetero) is 1. The van der Waals surface area contributed by atoms with E-state index in [-0.39, 0.29) is 31.3 Å². The van der Waals surface area contributed by atoms with Gasteiger partial charge in [0.1, 0.15) is 5.75 Å². The van der Waals surface area contributed by atoms with E-state index in [9.17, 15) is 14.4 Å². The van der Waals surface area contributed by atoms with Gasteiger partial charge in [-0.2, -0.15) is 0 Å². The Morgan fingerprint density at radius 2 is 1.86 bits per heavy atom. The fourth-order valence-electron chi connectivity index (χ4n) is 3.03. The summed E-state index contributed by atoms with van der Waals surface area (Å²) in [5, 5.41) is 0.575. The van der Waals surface area contributed by atoms with E-state index < -0.39 is 11.9 Å². The average molecular weight is 402 g/mol. The molecule has 3 rings (SSSR count). The van der Waals surface area contributed by atoms with Crippen molar-refractivity contribution in [3.05, 3.63) is 64.7 Å². The second-order valence-electron chi connectivity index (χ2n) is 6.53. The van der Waals surface area contributed by atoms with Gasteiger partial charge in [0.25, 0.3) is 0 Å². The minimum atomic E-state index is -0.585. The lowest BCUT2D eigenvalue weighted by molar-refractivity contribution is -0.147. The molecule has 6 nitrogen and oxygen atoms in total. The summed E-state index contributed by atoms with van der Waals surface area (Å²) in [6.45, 7) is 0.229. The molecule has 0 bridgehead atoms. The molecule has 0 N–H and O–H groups in total. The van der Waals surface area contributed by atoms with Crippen LogP contribution in [0.15, 0.2) is 48.5 Å². The van der Waals surface area contributed by atoms with Crippen LogP contribution in [0.3, 0.4) is 0 Å². The summed E-state index contributed by atoms with van der Waals surface area (Å²) in [7, 11) is 1.54. The third kappa shape index (κ3) is 4.70. The van der Waals surface area contributed by atoms with Crippen molar-refractivity contribution in [2.75, 3.05) is 20.3 Å². The second kappa shape index (κ2) is 8.89. The number of amides is 1. The van der Waals surface area contributed by atoms with Crippen molar-refractivity contribution in [1.29, 1.82) is 0 Å². The number of halogens is 1. The molecule has 1 aliphatic heterocycles. The second-order valence-corrected chi connectivity index (χ2v) is 6.93. The maximum Gasteiger partial charge on any atom is 0.311 e. The largest absolute Gasteiger partial charge is 0.497 e. The molecule has 0 unspecified atom stereocenters. The summed E-state index contributed by atoms with van der Waals surface area (Å²) in [6.07, 6.45) is 0.0695. The first kappa shape index (κ1) is 19.9. The van der Waals surface area contributed by atoms with Crippen molar-refractivity contribution in [2.24, 2.45) is 5.92 Å².